The summed E-state index contributed by atoms with van der Waals surface area (Å²) in [6, 6.07) is 15.6. The van der Waals surface area contributed by atoms with E-state index < -0.39 is 0 Å². The third kappa shape index (κ3) is 4.42. The van der Waals surface area contributed by atoms with Crippen molar-refractivity contribution in [1.29, 1.82) is 0 Å². The van der Waals surface area contributed by atoms with Gasteiger partial charge in [0.1, 0.15) is 13.2 Å². The molecule has 0 fully saturated rings. The molecule has 0 N–H and O–H groups in total. The standard InChI is InChI=1S/C22H25N5O3/c1-15(2)16-8-10-17(11-9-16)22-23-25-27(24-22)13-21(28)26(3)12-18-14-29-19-6-4-5-7-20(19)30-18/h4-11,15,18H,12-14H2,1-3H3/t18-/m0/s1. The summed E-state index contributed by atoms with van der Waals surface area (Å²) >= 11 is 0. The van der Waals surface area contributed by atoms with Crippen LogP contribution in [0, 0.1) is 0 Å². The summed E-state index contributed by atoms with van der Waals surface area (Å²) in [7, 11) is 1.73. The van der Waals surface area contributed by atoms with Crippen LogP contribution in [-0.2, 0) is 11.3 Å². The Balaban J connectivity index is 1.34. The highest BCUT2D eigenvalue weighted by Gasteiger charge is 2.24. The molecule has 4 rings (SSSR count). The van der Waals surface area contributed by atoms with Gasteiger partial charge in [-0.2, -0.15) is 4.80 Å². The minimum absolute atomic E-state index is 0.0116. The van der Waals surface area contributed by atoms with Crippen molar-refractivity contribution < 1.29 is 14.3 Å². The Morgan fingerprint density at radius 3 is 2.63 bits per heavy atom. The summed E-state index contributed by atoms with van der Waals surface area (Å²) in [6.07, 6.45) is -0.229. The van der Waals surface area contributed by atoms with E-state index in [1.807, 2.05) is 36.4 Å². The molecule has 30 heavy (non-hydrogen) atoms. The highest BCUT2D eigenvalue weighted by Crippen LogP contribution is 2.31. The minimum atomic E-state index is -0.229. The molecule has 0 unspecified atom stereocenters. The fourth-order valence-corrected chi connectivity index (χ4v) is 3.24. The summed E-state index contributed by atoms with van der Waals surface area (Å²) in [5.74, 6) is 2.25. The number of aromatic nitrogens is 4. The molecule has 2 heterocycles. The Bertz CT molecular complexity index is 1020. The molecule has 0 aliphatic carbocycles. The van der Waals surface area contributed by atoms with E-state index in [2.05, 4.69) is 41.4 Å². The highest BCUT2D eigenvalue weighted by atomic mass is 16.6. The number of likely N-dealkylation sites (N-methyl/N-ethyl adjacent to an activating group) is 1. The molecular formula is C22H25N5O3. The van der Waals surface area contributed by atoms with Gasteiger partial charge in [-0.25, -0.2) is 0 Å². The summed E-state index contributed by atoms with van der Waals surface area (Å²) < 4.78 is 11.6. The second-order valence-corrected chi connectivity index (χ2v) is 7.69. The first-order valence-electron chi connectivity index (χ1n) is 10.00. The summed E-state index contributed by atoms with van der Waals surface area (Å²) in [5.41, 5.74) is 2.12. The van der Waals surface area contributed by atoms with Gasteiger partial charge in [0.05, 0.1) is 6.54 Å². The first kappa shape index (κ1) is 19.9. The van der Waals surface area contributed by atoms with E-state index in [4.69, 9.17) is 9.47 Å². The molecule has 1 aliphatic rings. The van der Waals surface area contributed by atoms with E-state index in [-0.39, 0.29) is 18.6 Å². The zero-order chi connectivity index (χ0) is 21.1. The Morgan fingerprint density at radius 2 is 1.90 bits per heavy atom. The average molecular weight is 407 g/mol. The Hall–Kier alpha value is -3.42. The molecule has 8 heteroatoms. The van der Waals surface area contributed by atoms with Crippen LogP contribution >= 0.6 is 0 Å². The number of hydrogen-bond donors (Lipinski definition) is 0. The zero-order valence-corrected chi connectivity index (χ0v) is 17.4. The number of rotatable bonds is 6. The third-order valence-electron chi connectivity index (χ3n) is 5.04. The molecule has 3 aromatic rings. The van der Waals surface area contributed by atoms with E-state index in [9.17, 15) is 4.79 Å². The summed E-state index contributed by atoms with van der Waals surface area (Å²) in [5, 5.41) is 12.4. The lowest BCUT2D eigenvalue weighted by molar-refractivity contribution is -0.132. The number of para-hydroxylation sites is 2. The molecule has 0 saturated heterocycles. The van der Waals surface area contributed by atoms with Gasteiger partial charge in [0.2, 0.25) is 11.7 Å². The van der Waals surface area contributed by atoms with Crippen LogP contribution < -0.4 is 9.47 Å². The van der Waals surface area contributed by atoms with Crippen LogP contribution in [0.3, 0.4) is 0 Å². The third-order valence-corrected chi connectivity index (χ3v) is 5.04. The molecule has 1 atom stereocenters. The first-order chi connectivity index (χ1) is 14.5. The van der Waals surface area contributed by atoms with Gasteiger partial charge in [-0.3, -0.25) is 4.79 Å². The van der Waals surface area contributed by atoms with Crippen LogP contribution in [0.2, 0.25) is 0 Å². The number of tetrazole rings is 1. The molecule has 0 bridgehead atoms. The smallest absolute Gasteiger partial charge is 0.246 e. The maximum atomic E-state index is 12.6. The molecule has 1 amide bonds. The number of fused-ring (bicyclic) bond motifs is 1. The fraction of sp³-hybridized carbons (Fsp3) is 0.364. The van der Waals surface area contributed by atoms with E-state index in [0.717, 1.165) is 11.3 Å². The molecule has 8 nitrogen and oxygen atoms in total. The number of amides is 1. The normalized spacial score (nSPS) is 15.3. The SMILES string of the molecule is CC(C)c1ccc(-c2nnn(CC(=O)N(C)C[C@H]3COc4ccccc4O3)n2)cc1. The monoisotopic (exact) mass is 407 g/mol. The Labute approximate surface area is 175 Å². The Kier molecular flexibility index (Phi) is 5.65. The summed E-state index contributed by atoms with van der Waals surface area (Å²) in [4.78, 5) is 15.5. The summed E-state index contributed by atoms with van der Waals surface area (Å²) in [6.45, 7) is 5.11. The van der Waals surface area contributed by atoms with Crippen molar-refractivity contribution >= 4 is 5.91 Å². The van der Waals surface area contributed by atoms with Gasteiger partial charge in [-0.1, -0.05) is 50.2 Å². The van der Waals surface area contributed by atoms with Crippen LogP contribution in [0.25, 0.3) is 11.4 Å². The van der Waals surface area contributed by atoms with Gasteiger partial charge >= 0.3 is 0 Å². The number of benzene rings is 2. The number of ether oxygens (including phenoxy) is 2. The Morgan fingerprint density at radius 1 is 1.17 bits per heavy atom. The molecular weight excluding hydrogens is 382 g/mol. The predicted octanol–water partition coefficient (Wildman–Crippen LogP) is 2.76. The number of hydrogen-bond acceptors (Lipinski definition) is 6. The van der Waals surface area contributed by atoms with Gasteiger partial charge < -0.3 is 14.4 Å². The molecule has 1 aromatic heterocycles. The van der Waals surface area contributed by atoms with Crippen LogP contribution in [0.5, 0.6) is 11.5 Å². The number of carbonyl (C=O) groups excluding carboxylic acids is 1. The topological polar surface area (TPSA) is 82.4 Å². The van der Waals surface area contributed by atoms with E-state index >= 15 is 0 Å². The highest BCUT2D eigenvalue weighted by molar-refractivity contribution is 5.75. The van der Waals surface area contributed by atoms with Crippen molar-refractivity contribution in [3.05, 3.63) is 54.1 Å². The largest absolute Gasteiger partial charge is 0.486 e. The first-order valence-corrected chi connectivity index (χ1v) is 10.00. The molecule has 0 radical (unpaired) electrons. The number of nitrogens with zero attached hydrogens (tertiary/aromatic N) is 5. The molecule has 156 valence electrons. The van der Waals surface area contributed by atoms with Crippen LogP contribution in [-0.4, -0.2) is 57.3 Å². The van der Waals surface area contributed by atoms with Crippen molar-refractivity contribution in [2.45, 2.75) is 32.4 Å². The number of carbonyl (C=O) groups is 1. The minimum Gasteiger partial charge on any atom is -0.486 e. The molecule has 0 spiro atoms. The molecule has 2 aromatic carbocycles. The predicted molar refractivity (Wildman–Crippen MR) is 111 cm³/mol. The zero-order valence-electron chi connectivity index (χ0n) is 17.4. The van der Waals surface area contributed by atoms with Gasteiger partial charge in [-0.15, -0.1) is 10.2 Å². The van der Waals surface area contributed by atoms with Crippen molar-refractivity contribution in [2.75, 3.05) is 20.2 Å². The van der Waals surface area contributed by atoms with Crippen LogP contribution in [0.15, 0.2) is 48.5 Å². The maximum absolute atomic E-state index is 12.6. The second kappa shape index (κ2) is 8.52. The van der Waals surface area contributed by atoms with E-state index in [1.165, 1.54) is 10.4 Å². The molecule has 0 saturated carbocycles. The lowest BCUT2D eigenvalue weighted by atomic mass is 10.0. The fourth-order valence-electron chi connectivity index (χ4n) is 3.24. The lowest BCUT2D eigenvalue weighted by Crippen LogP contribution is -2.43. The van der Waals surface area contributed by atoms with Crippen molar-refractivity contribution in [3.8, 4) is 22.9 Å². The van der Waals surface area contributed by atoms with Gasteiger partial charge in [-0.05, 0) is 28.8 Å². The van der Waals surface area contributed by atoms with Crippen molar-refractivity contribution in [3.63, 3.8) is 0 Å². The lowest BCUT2D eigenvalue weighted by Gasteiger charge is -2.29. The van der Waals surface area contributed by atoms with Gasteiger partial charge in [0.25, 0.3) is 0 Å². The maximum Gasteiger partial charge on any atom is 0.246 e. The van der Waals surface area contributed by atoms with E-state index in [0.29, 0.717) is 30.6 Å². The van der Waals surface area contributed by atoms with Crippen molar-refractivity contribution in [2.24, 2.45) is 0 Å². The average Bonchev–Trinajstić information content (AvgIpc) is 3.22. The molecule has 1 aliphatic heterocycles. The van der Waals surface area contributed by atoms with Gasteiger partial charge in [0.15, 0.2) is 17.6 Å². The van der Waals surface area contributed by atoms with Crippen molar-refractivity contribution in [1.82, 2.24) is 25.1 Å². The van der Waals surface area contributed by atoms with Crippen LogP contribution in [0.4, 0.5) is 0 Å². The van der Waals surface area contributed by atoms with Crippen LogP contribution in [0.1, 0.15) is 25.3 Å². The quantitative estimate of drug-likeness (QED) is 0.625. The van der Waals surface area contributed by atoms with E-state index in [1.54, 1.807) is 11.9 Å². The van der Waals surface area contributed by atoms with Gasteiger partial charge in [0, 0.05) is 12.6 Å². The second-order valence-electron chi connectivity index (χ2n) is 7.69.